The van der Waals surface area contributed by atoms with Gasteiger partial charge in [0.05, 0.1) is 11.2 Å². The quantitative estimate of drug-likeness (QED) is 0.736. The van der Waals surface area contributed by atoms with Crippen LogP contribution in [0.3, 0.4) is 0 Å². The van der Waals surface area contributed by atoms with Gasteiger partial charge in [0, 0.05) is 23.5 Å². The summed E-state index contributed by atoms with van der Waals surface area (Å²) in [5.74, 6) is 0.950. The fourth-order valence-corrected chi connectivity index (χ4v) is 3.51. The van der Waals surface area contributed by atoms with Crippen LogP contribution in [0.5, 0.6) is 0 Å². The van der Waals surface area contributed by atoms with Crippen molar-refractivity contribution in [1.82, 2.24) is 15.0 Å². The summed E-state index contributed by atoms with van der Waals surface area (Å²) in [4.78, 5) is 17.1. The van der Waals surface area contributed by atoms with Crippen molar-refractivity contribution in [2.45, 2.75) is 24.2 Å². The van der Waals surface area contributed by atoms with Gasteiger partial charge in [0.1, 0.15) is 11.8 Å². The Morgan fingerprint density at radius 3 is 2.71 bits per heavy atom. The molecule has 1 aromatic carbocycles. The Balaban J connectivity index is 1.81. The molecule has 0 aliphatic carbocycles. The number of benzene rings is 1. The van der Waals surface area contributed by atoms with Gasteiger partial charge in [-0.25, -0.2) is 15.0 Å². The Labute approximate surface area is 145 Å². The van der Waals surface area contributed by atoms with Crippen LogP contribution >= 0.6 is 11.9 Å². The molecule has 2 aromatic heterocycles. The van der Waals surface area contributed by atoms with Crippen molar-refractivity contribution >= 4 is 28.8 Å². The zero-order valence-corrected chi connectivity index (χ0v) is 14.2. The van der Waals surface area contributed by atoms with E-state index in [1.165, 1.54) is 31.2 Å². The fraction of sp³-hybridized carbons (Fsp3) is 0.278. The van der Waals surface area contributed by atoms with Crippen LogP contribution in [0.1, 0.15) is 19.3 Å². The van der Waals surface area contributed by atoms with E-state index in [2.05, 4.69) is 27.0 Å². The molecule has 0 amide bonds. The number of rotatable bonds is 3. The topological polar surface area (TPSA) is 67.9 Å². The molecule has 1 saturated heterocycles. The monoisotopic (exact) mass is 337 g/mol. The van der Waals surface area contributed by atoms with Crippen LogP contribution in [-0.4, -0.2) is 28.0 Å². The first-order valence-electron chi connectivity index (χ1n) is 8.19. The second-order valence-electron chi connectivity index (χ2n) is 5.95. The van der Waals surface area contributed by atoms with Crippen LogP contribution in [0.25, 0.3) is 22.3 Å². The Hall–Kier alpha value is -2.18. The molecular weight excluding hydrogens is 318 g/mol. The van der Waals surface area contributed by atoms with Crippen molar-refractivity contribution in [3.05, 3.63) is 42.7 Å². The van der Waals surface area contributed by atoms with Gasteiger partial charge in [-0.2, -0.15) is 0 Å². The maximum absolute atomic E-state index is 5.68. The molecule has 24 heavy (non-hydrogen) atoms. The standard InChI is InChI=1S/C18H19N5S/c19-24-14-6-4-5-13(11-14)15-7-8-16-17(22-15)18(21-12-20-16)23-9-2-1-3-10-23/h4-8,11-12H,1-3,9-10,19H2. The molecule has 0 atom stereocenters. The molecule has 1 aliphatic heterocycles. The van der Waals surface area contributed by atoms with Crippen molar-refractivity contribution in [2.75, 3.05) is 18.0 Å². The highest BCUT2D eigenvalue weighted by Gasteiger charge is 2.16. The Morgan fingerprint density at radius 2 is 1.88 bits per heavy atom. The maximum atomic E-state index is 5.68. The summed E-state index contributed by atoms with van der Waals surface area (Å²) in [6, 6.07) is 12.1. The minimum absolute atomic E-state index is 0.878. The van der Waals surface area contributed by atoms with Gasteiger partial charge in [-0.15, -0.1) is 0 Å². The smallest absolute Gasteiger partial charge is 0.158 e. The number of nitrogens with zero attached hydrogens (tertiary/aromatic N) is 4. The largest absolute Gasteiger partial charge is 0.355 e. The Kier molecular flexibility index (Phi) is 4.32. The van der Waals surface area contributed by atoms with Crippen molar-refractivity contribution in [2.24, 2.45) is 5.14 Å². The molecule has 0 spiro atoms. The molecule has 0 saturated carbocycles. The lowest BCUT2D eigenvalue weighted by Gasteiger charge is -2.28. The summed E-state index contributed by atoms with van der Waals surface area (Å²) in [6.45, 7) is 2.08. The molecule has 1 fully saturated rings. The van der Waals surface area contributed by atoms with Crippen LogP contribution in [-0.2, 0) is 0 Å². The lowest BCUT2D eigenvalue weighted by molar-refractivity contribution is 0.574. The van der Waals surface area contributed by atoms with E-state index in [4.69, 9.17) is 10.1 Å². The number of nitrogens with two attached hydrogens (primary N) is 1. The fourth-order valence-electron chi connectivity index (χ4n) is 3.15. The molecule has 4 rings (SSSR count). The van der Waals surface area contributed by atoms with Crippen molar-refractivity contribution < 1.29 is 0 Å². The second kappa shape index (κ2) is 6.75. The SMILES string of the molecule is NSc1cccc(-c2ccc3ncnc(N4CCCCC4)c3n2)c1. The Morgan fingerprint density at radius 1 is 1.00 bits per heavy atom. The van der Waals surface area contributed by atoms with Gasteiger partial charge < -0.3 is 4.90 Å². The summed E-state index contributed by atoms with van der Waals surface area (Å²) in [7, 11) is 0. The maximum Gasteiger partial charge on any atom is 0.158 e. The second-order valence-corrected chi connectivity index (χ2v) is 6.66. The minimum Gasteiger partial charge on any atom is -0.355 e. The van der Waals surface area contributed by atoms with Crippen LogP contribution < -0.4 is 10.0 Å². The van der Waals surface area contributed by atoms with E-state index < -0.39 is 0 Å². The molecule has 0 radical (unpaired) electrons. The lowest BCUT2D eigenvalue weighted by atomic mass is 10.1. The van der Waals surface area contributed by atoms with Gasteiger partial charge in [0.25, 0.3) is 0 Å². The van der Waals surface area contributed by atoms with Gasteiger partial charge in [-0.05, 0) is 55.5 Å². The molecule has 122 valence electrons. The average molecular weight is 337 g/mol. The van der Waals surface area contributed by atoms with Gasteiger partial charge in [-0.1, -0.05) is 12.1 Å². The van der Waals surface area contributed by atoms with Gasteiger partial charge in [0.15, 0.2) is 5.82 Å². The molecule has 3 aromatic rings. The molecule has 0 bridgehead atoms. The highest BCUT2D eigenvalue weighted by atomic mass is 32.2. The molecular formula is C18H19N5S. The van der Waals surface area contributed by atoms with Crippen molar-refractivity contribution in [1.29, 1.82) is 0 Å². The molecule has 0 unspecified atom stereocenters. The molecule has 3 heterocycles. The zero-order chi connectivity index (χ0) is 16.4. The van der Waals surface area contributed by atoms with Gasteiger partial charge in [-0.3, -0.25) is 5.14 Å². The number of hydrogen-bond acceptors (Lipinski definition) is 6. The number of aromatic nitrogens is 3. The number of anilines is 1. The summed E-state index contributed by atoms with van der Waals surface area (Å²) in [5.41, 5.74) is 3.74. The predicted octanol–water partition coefficient (Wildman–Crippen LogP) is 3.65. The van der Waals surface area contributed by atoms with Gasteiger partial charge >= 0.3 is 0 Å². The zero-order valence-electron chi connectivity index (χ0n) is 13.4. The average Bonchev–Trinajstić information content (AvgIpc) is 2.68. The van der Waals surface area contributed by atoms with E-state index in [1.807, 2.05) is 24.3 Å². The van der Waals surface area contributed by atoms with Crippen LogP contribution in [0.2, 0.25) is 0 Å². The van der Waals surface area contributed by atoms with E-state index in [9.17, 15) is 0 Å². The summed E-state index contributed by atoms with van der Waals surface area (Å²) in [5, 5.41) is 5.68. The van der Waals surface area contributed by atoms with E-state index in [0.29, 0.717) is 0 Å². The third-order valence-corrected chi connectivity index (χ3v) is 4.91. The van der Waals surface area contributed by atoms with E-state index in [-0.39, 0.29) is 0 Å². The first-order valence-corrected chi connectivity index (χ1v) is 9.07. The summed E-state index contributed by atoms with van der Waals surface area (Å²) < 4.78 is 0. The first-order chi connectivity index (χ1) is 11.8. The molecule has 1 aliphatic rings. The van der Waals surface area contributed by atoms with Crippen molar-refractivity contribution in [3.63, 3.8) is 0 Å². The number of piperidine rings is 1. The summed E-state index contributed by atoms with van der Waals surface area (Å²) in [6.07, 6.45) is 5.35. The van der Waals surface area contributed by atoms with E-state index >= 15 is 0 Å². The van der Waals surface area contributed by atoms with Crippen LogP contribution in [0, 0.1) is 0 Å². The normalized spacial score (nSPS) is 15.0. The molecule has 6 heteroatoms. The highest BCUT2D eigenvalue weighted by molar-refractivity contribution is 7.97. The number of hydrogen-bond donors (Lipinski definition) is 1. The van der Waals surface area contributed by atoms with E-state index in [0.717, 1.165) is 46.1 Å². The third kappa shape index (κ3) is 2.95. The highest BCUT2D eigenvalue weighted by Crippen LogP contribution is 2.28. The lowest BCUT2D eigenvalue weighted by Crippen LogP contribution is -2.30. The number of pyridine rings is 1. The van der Waals surface area contributed by atoms with E-state index in [1.54, 1.807) is 6.33 Å². The van der Waals surface area contributed by atoms with Crippen molar-refractivity contribution in [3.8, 4) is 11.3 Å². The van der Waals surface area contributed by atoms with Crippen LogP contribution in [0.4, 0.5) is 5.82 Å². The predicted molar refractivity (Wildman–Crippen MR) is 98.9 cm³/mol. The van der Waals surface area contributed by atoms with Crippen LogP contribution in [0.15, 0.2) is 47.6 Å². The third-order valence-electron chi connectivity index (χ3n) is 4.38. The van der Waals surface area contributed by atoms with Gasteiger partial charge in [0.2, 0.25) is 0 Å². The number of fused-ring (bicyclic) bond motifs is 1. The first kappa shape index (κ1) is 15.4. The molecule has 5 nitrogen and oxygen atoms in total. The Bertz CT molecular complexity index is 861. The minimum atomic E-state index is 0.878. The summed E-state index contributed by atoms with van der Waals surface area (Å²) >= 11 is 1.25. The molecule has 2 N–H and O–H groups in total.